The zero-order valence-corrected chi connectivity index (χ0v) is 29.4. The minimum atomic E-state index is -3.68. The molecule has 1 aliphatic rings. The second-order valence-corrected chi connectivity index (χ2v) is 15.4. The van der Waals surface area contributed by atoms with E-state index in [0.29, 0.717) is 18.9 Å². The van der Waals surface area contributed by atoms with Crippen molar-refractivity contribution in [2.75, 3.05) is 24.2 Å². The highest BCUT2D eigenvalue weighted by Crippen LogP contribution is 2.27. The van der Waals surface area contributed by atoms with E-state index in [1.807, 2.05) is 61.0 Å². The Kier molecular flexibility index (Phi) is 12.6. The quantitative estimate of drug-likeness (QED) is 0.185. The lowest BCUT2D eigenvalue weighted by Gasteiger charge is -2.25. The molecule has 1 aromatic heterocycles. The van der Waals surface area contributed by atoms with Gasteiger partial charge in [-0.1, -0.05) is 43.2 Å². The summed E-state index contributed by atoms with van der Waals surface area (Å²) in [6.07, 6.45) is 6.21. The van der Waals surface area contributed by atoms with Crippen molar-refractivity contribution in [2.45, 2.75) is 77.0 Å². The summed E-state index contributed by atoms with van der Waals surface area (Å²) in [4.78, 5) is 40.2. The molecule has 254 valence electrons. The minimum absolute atomic E-state index is 0.0852. The predicted molar refractivity (Wildman–Crippen MR) is 188 cm³/mol. The molecule has 0 saturated heterocycles. The van der Waals surface area contributed by atoms with Gasteiger partial charge in [0.05, 0.1) is 24.0 Å². The zero-order chi connectivity index (χ0) is 34.1. The first-order valence-electron chi connectivity index (χ1n) is 16.1. The Bertz CT molecular complexity index is 1610. The lowest BCUT2D eigenvalue weighted by atomic mass is 9.99. The van der Waals surface area contributed by atoms with Gasteiger partial charge in [0.15, 0.2) is 0 Å². The average Bonchev–Trinajstić information content (AvgIpc) is 3.78. The van der Waals surface area contributed by atoms with Crippen LogP contribution in [0, 0.1) is 5.92 Å². The third kappa shape index (κ3) is 10.4. The summed E-state index contributed by atoms with van der Waals surface area (Å²) < 4.78 is 25.9. The summed E-state index contributed by atoms with van der Waals surface area (Å²) in [5, 5.41) is 16.3. The first kappa shape index (κ1) is 36.1. The number of benzene rings is 2. The number of rotatable bonds is 15. The standard InChI is InChI=1S/C35H47N5O5S2/c1-23(27-13-9-10-14-27)37-33(41)25(3)36-21-31(17-26-11-7-6-8-12-26)39-35(43)30-18-29(19-32(20-30)40(4)47(5,44)45)34(42)38-24(2)28-15-16-46-22-28/h6-8,11-12,15-16,18-20,22-25,27,31,36H,9-10,13-14,17,21H2,1-5H3,(H,37,41)(H,38,42)(H,39,43)/t23-,24?,25+,31+/m1/s1. The van der Waals surface area contributed by atoms with Gasteiger partial charge in [0.25, 0.3) is 11.8 Å². The fraction of sp³-hybridized carbons (Fsp3) is 0.457. The maximum absolute atomic E-state index is 13.8. The van der Waals surface area contributed by atoms with E-state index in [4.69, 9.17) is 0 Å². The van der Waals surface area contributed by atoms with Gasteiger partial charge in [0, 0.05) is 36.8 Å². The van der Waals surface area contributed by atoms with E-state index in [-0.39, 0.29) is 34.8 Å². The highest BCUT2D eigenvalue weighted by Gasteiger charge is 2.26. The maximum atomic E-state index is 13.8. The molecule has 1 heterocycles. The van der Waals surface area contributed by atoms with Crippen molar-refractivity contribution < 1.29 is 22.8 Å². The van der Waals surface area contributed by atoms with E-state index in [1.54, 1.807) is 0 Å². The van der Waals surface area contributed by atoms with Gasteiger partial charge in [-0.25, -0.2) is 8.42 Å². The molecule has 1 saturated carbocycles. The Labute approximate surface area is 282 Å². The van der Waals surface area contributed by atoms with Gasteiger partial charge in [-0.15, -0.1) is 0 Å². The van der Waals surface area contributed by atoms with Gasteiger partial charge in [0.2, 0.25) is 15.9 Å². The van der Waals surface area contributed by atoms with E-state index in [9.17, 15) is 22.8 Å². The maximum Gasteiger partial charge on any atom is 0.251 e. The Balaban J connectivity index is 1.53. The fourth-order valence-corrected chi connectivity index (χ4v) is 7.05. The van der Waals surface area contributed by atoms with Crippen LogP contribution in [-0.4, -0.2) is 64.1 Å². The summed E-state index contributed by atoms with van der Waals surface area (Å²) in [6.45, 7) is 6.04. The lowest BCUT2D eigenvalue weighted by molar-refractivity contribution is -0.123. The predicted octanol–water partition coefficient (Wildman–Crippen LogP) is 4.65. The topological polar surface area (TPSA) is 137 Å². The van der Waals surface area contributed by atoms with Crippen LogP contribution < -0.4 is 25.6 Å². The average molecular weight is 682 g/mol. The molecule has 12 heteroatoms. The Morgan fingerprint density at radius 3 is 2.15 bits per heavy atom. The summed E-state index contributed by atoms with van der Waals surface area (Å²) in [6, 6.07) is 14.9. The molecule has 3 aromatic rings. The van der Waals surface area contributed by atoms with Crippen LogP contribution >= 0.6 is 11.3 Å². The van der Waals surface area contributed by atoms with Crippen LogP contribution in [0.1, 0.15) is 84.3 Å². The molecule has 0 bridgehead atoms. The molecular formula is C35H47N5O5S2. The van der Waals surface area contributed by atoms with Crippen LogP contribution in [0.2, 0.25) is 0 Å². The van der Waals surface area contributed by atoms with Gasteiger partial charge in [-0.3, -0.25) is 18.7 Å². The number of carbonyl (C=O) groups excluding carboxylic acids is 3. The second-order valence-electron chi connectivity index (χ2n) is 12.6. The first-order chi connectivity index (χ1) is 22.3. The summed E-state index contributed by atoms with van der Waals surface area (Å²) in [5.74, 6) is -0.489. The summed E-state index contributed by atoms with van der Waals surface area (Å²) in [7, 11) is -2.30. The van der Waals surface area contributed by atoms with Crippen LogP contribution in [0.5, 0.6) is 0 Å². The number of carbonyl (C=O) groups is 3. The lowest BCUT2D eigenvalue weighted by Crippen LogP contribution is -2.51. The molecule has 3 amide bonds. The van der Waals surface area contributed by atoms with Gasteiger partial charge in [0.1, 0.15) is 0 Å². The van der Waals surface area contributed by atoms with Crippen molar-refractivity contribution in [1.82, 2.24) is 21.3 Å². The normalized spacial score (nSPS) is 16.1. The molecule has 10 nitrogen and oxygen atoms in total. The van der Waals surface area contributed by atoms with Crippen LogP contribution in [0.4, 0.5) is 5.69 Å². The molecule has 47 heavy (non-hydrogen) atoms. The van der Waals surface area contributed by atoms with Crippen molar-refractivity contribution in [3.8, 4) is 0 Å². The molecule has 0 spiro atoms. The molecular weight excluding hydrogens is 635 g/mol. The van der Waals surface area contributed by atoms with Crippen LogP contribution in [0.25, 0.3) is 0 Å². The number of thiophene rings is 1. The summed E-state index contributed by atoms with van der Waals surface area (Å²) in [5.41, 5.74) is 2.43. The van der Waals surface area contributed by atoms with Crippen LogP contribution in [0.3, 0.4) is 0 Å². The number of hydrogen-bond acceptors (Lipinski definition) is 7. The number of hydrogen-bond donors (Lipinski definition) is 4. The smallest absolute Gasteiger partial charge is 0.251 e. The molecule has 0 radical (unpaired) electrons. The van der Waals surface area contributed by atoms with Crippen LogP contribution in [0.15, 0.2) is 65.4 Å². The molecule has 4 rings (SSSR count). The number of nitrogens with one attached hydrogen (secondary N) is 4. The van der Waals surface area contributed by atoms with E-state index in [1.165, 1.54) is 49.4 Å². The SMILES string of the molecule is CC(NC(=O)c1cc(C(=O)N[C@H](CN[C@@H](C)C(=O)N[C@H](C)C2CCCC2)Cc2ccccc2)cc(N(C)S(C)(=O)=O)c1)c1ccsc1. The largest absolute Gasteiger partial charge is 0.352 e. The third-order valence-corrected chi connectivity index (χ3v) is 10.8. The highest BCUT2D eigenvalue weighted by atomic mass is 32.2. The van der Waals surface area contributed by atoms with Crippen molar-refractivity contribution in [3.63, 3.8) is 0 Å². The van der Waals surface area contributed by atoms with Gasteiger partial charge in [-0.05, 0) is 92.1 Å². The third-order valence-electron chi connectivity index (χ3n) is 8.89. The molecule has 4 N–H and O–H groups in total. The van der Waals surface area contributed by atoms with Crippen molar-refractivity contribution in [1.29, 1.82) is 0 Å². The second kappa shape index (κ2) is 16.4. The highest BCUT2D eigenvalue weighted by molar-refractivity contribution is 7.92. The van der Waals surface area contributed by atoms with E-state index >= 15 is 0 Å². The van der Waals surface area contributed by atoms with Crippen molar-refractivity contribution >= 4 is 44.8 Å². The number of amides is 3. The Hall–Kier alpha value is -3.74. The van der Waals surface area contributed by atoms with E-state index < -0.39 is 33.9 Å². The number of sulfonamides is 1. The molecule has 4 atom stereocenters. The minimum Gasteiger partial charge on any atom is -0.352 e. The molecule has 2 aromatic carbocycles. The van der Waals surface area contributed by atoms with Crippen LogP contribution in [-0.2, 0) is 21.2 Å². The molecule has 0 aliphatic heterocycles. The van der Waals surface area contributed by atoms with Crippen molar-refractivity contribution in [3.05, 3.63) is 87.6 Å². The van der Waals surface area contributed by atoms with Crippen molar-refractivity contribution in [2.24, 2.45) is 5.92 Å². The van der Waals surface area contributed by atoms with E-state index in [2.05, 4.69) is 28.2 Å². The fourth-order valence-electron chi connectivity index (χ4n) is 5.81. The zero-order valence-electron chi connectivity index (χ0n) is 27.8. The molecule has 1 unspecified atom stereocenters. The number of nitrogens with zero attached hydrogens (tertiary/aromatic N) is 1. The molecule has 1 aliphatic carbocycles. The number of anilines is 1. The van der Waals surface area contributed by atoms with Gasteiger partial charge in [-0.2, -0.15) is 11.3 Å². The van der Waals surface area contributed by atoms with E-state index in [0.717, 1.165) is 34.5 Å². The van der Waals surface area contributed by atoms with Gasteiger partial charge >= 0.3 is 0 Å². The summed E-state index contributed by atoms with van der Waals surface area (Å²) >= 11 is 1.52. The Morgan fingerprint density at radius 1 is 0.915 bits per heavy atom. The Morgan fingerprint density at radius 2 is 1.55 bits per heavy atom. The molecule has 1 fully saturated rings. The van der Waals surface area contributed by atoms with Gasteiger partial charge < -0.3 is 21.3 Å². The monoisotopic (exact) mass is 681 g/mol. The first-order valence-corrected chi connectivity index (χ1v) is 18.9.